The molecule has 0 aliphatic carbocycles. The van der Waals surface area contributed by atoms with Crippen molar-refractivity contribution in [2.45, 2.75) is 65.1 Å². The van der Waals surface area contributed by atoms with Gasteiger partial charge in [0.25, 0.3) is 0 Å². The molecule has 4 atom stereocenters. The Kier molecular flexibility index (Phi) is 9.73. The van der Waals surface area contributed by atoms with E-state index in [2.05, 4.69) is 10.6 Å². The molecular formula is C16H30N4O5. The molecule has 0 aromatic heterocycles. The van der Waals surface area contributed by atoms with Crippen molar-refractivity contribution >= 4 is 23.7 Å². The van der Waals surface area contributed by atoms with Crippen LogP contribution in [0.4, 0.5) is 0 Å². The molecule has 9 nitrogen and oxygen atoms in total. The fraction of sp³-hybridized carbons (Fsp3) is 0.750. The van der Waals surface area contributed by atoms with Gasteiger partial charge in [0, 0.05) is 6.42 Å². The smallest absolute Gasteiger partial charge is 0.326 e. The van der Waals surface area contributed by atoms with E-state index in [4.69, 9.17) is 11.5 Å². The first kappa shape index (κ1) is 22.8. The summed E-state index contributed by atoms with van der Waals surface area (Å²) in [4.78, 5) is 46.7. The van der Waals surface area contributed by atoms with Crippen LogP contribution < -0.4 is 22.1 Å². The molecule has 0 heterocycles. The zero-order chi connectivity index (χ0) is 19.7. The minimum Gasteiger partial charge on any atom is -0.480 e. The molecular weight excluding hydrogens is 328 g/mol. The number of aliphatic carboxylic acids is 1. The number of carboxylic acid groups (broad SMARTS) is 1. The van der Waals surface area contributed by atoms with Crippen molar-refractivity contribution in [2.24, 2.45) is 23.3 Å². The molecule has 7 N–H and O–H groups in total. The number of rotatable bonds is 11. The second-order valence-electron chi connectivity index (χ2n) is 6.55. The predicted molar refractivity (Wildman–Crippen MR) is 92.2 cm³/mol. The predicted octanol–water partition coefficient (Wildman–Crippen LogP) is -0.664. The number of carbonyl (C=O) groups excluding carboxylic acids is 3. The Morgan fingerprint density at radius 1 is 1.00 bits per heavy atom. The Hall–Kier alpha value is -2.16. The van der Waals surface area contributed by atoms with E-state index in [0.717, 1.165) is 0 Å². The summed E-state index contributed by atoms with van der Waals surface area (Å²) in [6.45, 7) is 6.97. The largest absolute Gasteiger partial charge is 0.480 e. The SMILES string of the molecule is CC[C@H](C)[C@H](NC(=O)[C@@H](N)CCC(N)=O)C(=O)N[C@H](C(=O)O)C(C)C. The van der Waals surface area contributed by atoms with Gasteiger partial charge in [-0.25, -0.2) is 4.79 Å². The van der Waals surface area contributed by atoms with Crippen molar-refractivity contribution in [3.63, 3.8) is 0 Å². The van der Waals surface area contributed by atoms with Gasteiger partial charge in [0.15, 0.2) is 0 Å². The number of amides is 3. The molecule has 0 bridgehead atoms. The van der Waals surface area contributed by atoms with Gasteiger partial charge in [0.05, 0.1) is 6.04 Å². The third-order valence-corrected chi connectivity index (χ3v) is 4.06. The number of carboxylic acids is 1. The zero-order valence-corrected chi connectivity index (χ0v) is 15.2. The van der Waals surface area contributed by atoms with E-state index < -0.39 is 41.8 Å². The molecule has 9 heteroatoms. The Balaban J connectivity index is 5.05. The average molecular weight is 358 g/mol. The van der Waals surface area contributed by atoms with Crippen molar-refractivity contribution in [3.8, 4) is 0 Å². The molecule has 25 heavy (non-hydrogen) atoms. The Morgan fingerprint density at radius 3 is 1.92 bits per heavy atom. The molecule has 0 rings (SSSR count). The first-order valence-corrected chi connectivity index (χ1v) is 8.38. The second kappa shape index (κ2) is 10.7. The van der Waals surface area contributed by atoms with E-state index in [1.54, 1.807) is 20.8 Å². The number of nitrogens with two attached hydrogens (primary N) is 2. The van der Waals surface area contributed by atoms with Crippen LogP contribution in [-0.4, -0.2) is 46.9 Å². The van der Waals surface area contributed by atoms with Gasteiger partial charge in [-0.05, 0) is 18.3 Å². The van der Waals surface area contributed by atoms with Gasteiger partial charge in [0.2, 0.25) is 17.7 Å². The first-order chi connectivity index (χ1) is 11.5. The van der Waals surface area contributed by atoms with Gasteiger partial charge < -0.3 is 27.2 Å². The number of nitrogens with one attached hydrogen (secondary N) is 2. The second-order valence-corrected chi connectivity index (χ2v) is 6.55. The number of carbonyl (C=O) groups is 4. The van der Waals surface area contributed by atoms with Gasteiger partial charge in [-0.15, -0.1) is 0 Å². The molecule has 0 spiro atoms. The topological polar surface area (TPSA) is 165 Å². The molecule has 0 unspecified atom stereocenters. The van der Waals surface area contributed by atoms with E-state index in [9.17, 15) is 24.3 Å². The molecule has 0 aliphatic rings. The Bertz CT molecular complexity index is 495. The van der Waals surface area contributed by atoms with Gasteiger partial charge in [0.1, 0.15) is 12.1 Å². The van der Waals surface area contributed by atoms with Gasteiger partial charge in [-0.1, -0.05) is 34.1 Å². The van der Waals surface area contributed by atoms with Gasteiger partial charge in [-0.2, -0.15) is 0 Å². The molecule has 0 aromatic rings. The summed E-state index contributed by atoms with van der Waals surface area (Å²) < 4.78 is 0. The maximum absolute atomic E-state index is 12.5. The number of primary amides is 1. The molecule has 0 saturated heterocycles. The quantitative estimate of drug-likeness (QED) is 0.329. The molecule has 0 fully saturated rings. The highest BCUT2D eigenvalue weighted by Crippen LogP contribution is 2.11. The summed E-state index contributed by atoms with van der Waals surface area (Å²) in [5.74, 6) is -3.41. The lowest BCUT2D eigenvalue weighted by atomic mass is 9.96. The lowest BCUT2D eigenvalue weighted by Crippen LogP contribution is -2.57. The van der Waals surface area contributed by atoms with Crippen LogP contribution in [0.5, 0.6) is 0 Å². The standard InChI is InChI=1S/C16H30N4O5/c1-5-9(4)13(15(23)19-12(8(2)3)16(24)25)20-14(22)10(17)6-7-11(18)21/h8-10,12-13H,5-7,17H2,1-4H3,(H2,18,21)(H,19,23)(H,20,22)(H,24,25)/t9-,10-,12-,13-/m0/s1. The average Bonchev–Trinajstić information content (AvgIpc) is 2.53. The van der Waals surface area contributed by atoms with Crippen molar-refractivity contribution in [2.75, 3.05) is 0 Å². The molecule has 0 aromatic carbocycles. The summed E-state index contributed by atoms with van der Waals surface area (Å²) in [7, 11) is 0. The Morgan fingerprint density at radius 2 is 1.52 bits per heavy atom. The van der Waals surface area contributed by atoms with Crippen molar-refractivity contribution in [3.05, 3.63) is 0 Å². The normalized spacial score (nSPS) is 15.8. The number of hydrogen-bond acceptors (Lipinski definition) is 5. The zero-order valence-electron chi connectivity index (χ0n) is 15.2. The maximum Gasteiger partial charge on any atom is 0.326 e. The van der Waals surface area contributed by atoms with Crippen LogP contribution in [0, 0.1) is 11.8 Å². The summed E-state index contributed by atoms with van der Waals surface area (Å²) in [5.41, 5.74) is 10.7. The fourth-order valence-corrected chi connectivity index (χ4v) is 2.15. The van der Waals surface area contributed by atoms with E-state index in [-0.39, 0.29) is 24.7 Å². The van der Waals surface area contributed by atoms with Crippen LogP contribution in [0.25, 0.3) is 0 Å². The number of hydrogen-bond donors (Lipinski definition) is 5. The summed E-state index contributed by atoms with van der Waals surface area (Å²) in [6.07, 6.45) is 0.622. The highest BCUT2D eigenvalue weighted by atomic mass is 16.4. The monoisotopic (exact) mass is 358 g/mol. The molecule has 3 amide bonds. The van der Waals surface area contributed by atoms with Gasteiger partial charge in [-0.3, -0.25) is 14.4 Å². The van der Waals surface area contributed by atoms with E-state index in [0.29, 0.717) is 6.42 Å². The van der Waals surface area contributed by atoms with Crippen LogP contribution >= 0.6 is 0 Å². The van der Waals surface area contributed by atoms with Crippen LogP contribution in [0.15, 0.2) is 0 Å². The molecule has 0 radical (unpaired) electrons. The van der Waals surface area contributed by atoms with E-state index in [1.165, 1.54) is 0 Å². The summed E-state index contributed by atoms with van der Waals surface area (Å²) in [6, 6.07) is -2.95. The minimum absolute atomic E-state index is 0.0385. The van der Waals surface area contributed by atoms with Crippen molar-refractivity contribution < 1.29 is 24.3 Å². The van der Waals surface area contributed by atoms with E-state index >= 15 is 0 Å². The third-order valence-electron chi connectivity index (χ3n) is 4.06. The lowest BCUT2D eigenvalue weighted by molar-refractivity contribution is -0.143. The highest BCUT2D eigenvalue weighted by molar-refractivity contribution is 5.92. The molecule has 144 valence electrons. The van der Waals surface area contributed by atoms with Crippen LogP contribution in [-0.2, 0) is 19.2 Å². The summed E-state index contributed by atoms with van der Waals surface area (Å²) >= 11 is 0. The molecule has 0 saturated carbocycles. The third kappa shape index (κ3) is 7.97. The van der Waals surface area contributed by atoms with Crippen molar-refractivity contribution in [1.82, 2.24) is 10.6 Å². The van der Waals surface area contributed by atoms with Crippen LogP contribution in [0.3, 0.4) is 0 Å². The fourth-order valence-electron chi connectivity index (χ4n) is 2.15. The van der Waals surface area contributed by atoms with Gasteiger partial charge >= 0.3 is 5.97 Å². The van der Waals surface area contributed by atoms with Crippen LogP contribution in [0.2, 0.25) is 0 Å². The molecule has 0 aliphatic heterocycles. The summed E-state index contributed by atoms with van der Waals surface area (Å²) in [5, 5.41) is 14.2. The van der Waals surface area contributed by atoms with E-state index in [1.807, 2.05) is 6.92 Å². The van der Waals surface area contributed by atoms with Crippen LogP contribution in [0.1, 0.15) is 47.0 Å². The highest BCUT2D eigenvalue weighted by Gasteiger charge is 2.32. The van der Waals surface area contributed by atoms with Crippen molar-refractivity contribution in [1.29, 1.82) is 0 Å². The Labute approximate surface area is 147 Å². The maximum atomic E-state index is 12.5. The first-order valence-electron chi connectivity index (χ1n) is 8.38. The minimum atomic E-state index is -1.14. The lowest BCUT2D eigenvalue weighted by Gasteiger charge is -2.27.